The molecule has 2 N–H and O–H groups in total. The molecule has 0 rings (SSSR count). The first-order valence-electron chi connectivity index (χ1n) is 5.95. The maximum Gasteiger partial charge on any atom is 0.306 e. The van der Waals surface area contributed by atoms with E-state index in [0.29, 0.717) is 25.2 Å². The van der Waals surface area contributed by atoms with E-state index in [9.17, 15) is 9.59 Å². The summed E-state index contributed by atoms with van der Waals surface area (Å²) in [5.74, 6) is -1.46. The molecular weight excluding hydrogens is 208 g/mol. The Labute approximate surface area is 96.7 Å². The number of hydrogen-bond acceptors (Lipinski definition) is 2. The second-order valence-electron chi connectivity index (χ2n) is 4.24. The summed E-state index contributed by atoms with van der Waals surface area (Å²) in [5.41, 5.74) is 0. The minimum Gasteiger partial charge on any atom is -0.481 e. The Balaban J connectivity index is 3.98. The summed E-state index contributed by atoms with van der Waals surface area (Å²) in [4.78, 5) is 21.2. The van der Waals surface area contributed by atoms with Crippen LogP contribution in [-0.4, -0.2) is 22.2 Å². The molecule has 0 aromatic carbocycles. The highest BCUT2D eigenvalue weighted by Crippen LogP contribution is 2.23. The van der Waals surface area contributed by atoms with E-state index in [1.807, 2.05) is 13.8 Å². The first kappa shape index (κ1) is 14.9. The van der Waals surface area contributed by atoms with Crippen molar-refractivity contribution in [2.24, 2.45) is 11.8 Å². The normalized spacial score (nSPS) is 14.4. The largest absolute Gasteiger partial charge is 0.481 e. The quantitative estimate of drug-likeness (QED) is 0.638. The Hall–Kier alpha value is -1.06. The van der Waals surface area contributed by atoms with Crippen LogP contribution in [0.4, 0.5) is 0 Å². The second-order valence-corrected chi connectivity index (χ2v) is 4.24. The van der Waals surface area contributed by atoms with Crippen LogP contribution in [0.2, 0.25) is 0 Å². The van der Waals surface area contributed by atoms with Crippen LogP contribution >= 0.6 is 0 Å². The molecule has 0 aromatic heterocycles. The molecule has 0 aliphatic rings. The first-order valence-corrected chi connectivity index (χ1v) is 5.95. The van der Waals surface area contributed by atoms with E-state index < -0.39 is 11.9 Å². The van der Waals surface area contributed by atoms with Gasteiger partial charge in [0.1, 0.15) is 0 Å². The van der Waals surface area contributed by atoms with Gasteiger partial charge in [0, 0.05) is 6.42 Å². The average molecular weight is 230 g/mol. The summed E-state index contributed by atoms with van der Waals surface area (Å²) in [5, 5.41) is 17.5. The van der Waals surface area contributed by atoms with Crippen LogP contribution in [0.25, 0.3) is 0 Å². The molecule has 2 atom stereocenters. The SMILES string of the molecule is CCC(CCCC(=O)O)CC(CC)C(=O)O. The molecule has 0 spiro atoms. The van der Waals surface area contributed by atoms with Crippen molar-refractivity contribution in [2.45, 2.75) is 52.4 Å². The van der Waals surface area contributed by atoms with Gasteiger partial charge in [0.25, 0.3) is 0 Å². The molecule has 0 aliphatic heterocycles. The van der Waals surface area contributed by atoms with Crippen LogP contribution in [0, 0.1) is 11.8 Å². The summed E-state index contributed by atoms with van der Waals surface area (Å²) >= 11 is 0. The highest BCUT2D eigenvalue weighted by Gasteiger charge is 2.19. The van der Waals surface area contributed by atoms with E-state index in [1.165, 1.54) is 0 Å². The lowest BCUT2D eigenvalue weighted by Gasteiger charge is -2.18. The molecule has 0 fully saturated rings. The zero-order chi connectivity index (χ0) is 12.6. The smallest absolute Gasteiger partial charge is 0.306 e. The zero-order valence-corrected chi connectivity index (χ0v) is 10.1. The fraction of sp³-hybridized carbons (Fsp3) is 0.833. The Bertz CT molecular complexity index is 225. The predicted octanol–water partition coefficient (Wildman–Crippen LogP) is 2.77. The van der Waals surface area contributed by atoms with Crippen LogP contribution in [0.5, 0.6) is 0 Å². The van der Waals surface area contributed by atoms with Crippen molar-refractivity contribution >= 4 is 11.9 Å². The minimum atomic E-state index is -0.778. The van der Waals surface area contributed by atoms with Crippen LogP contribution in [-0.2, 0) is 9.59 Å². The summed E-state index contributed by atoms with van der Waals surface area (Å²) in [7, 11) is 0. The molecule has 0 saturated heterocycles. The van der Waals surface area contributed by atoms with Gasteiger partial charge in [-0.2, -0.15) is 0 Å². The lowest BCUT2D eigenvalue weighted by atomic mass is 9.87. The molecule has 4 heteroatoms. The van der Waals surface area contributed by atoms with E-state index >= 15 is 0 Å². The van der Waals surface area contributed by atoms with Crippen molar-refractivity contribution in [1.29, 1.82) is 0 Å². The van der Waals surface area contributed by atoms with Gasteiger partial charge in [-0.15, -0.1) is 0 Å². The van der Waals surface area contributed by atoms with Gasteiger partial charge in [0.05, 0.1) is 5.92 Å². The number of hydrogen-bond donors (Lipinski definition) is 2. The summed E-state index contributed by atoms with van der Waals surface area (Å²) in [6.45, 7) is 3.91. The molecule has 0 bridgehead atoms. The van der Waals surface area contributed by atoms with Gasteiger partial charge in [-0.1, -0.05) is 20.3 Å². The van der Waals surface area contributed by atoms with Crippen molar-refractivity contribution in [2.75, 3.05) is 0 Å². The van der Waals surface area contributed by atoms with Crippen molar-refractivity contribution < 1.29 is 19.8 Å². The molecular formula is C12H22O4. The predicted molar refractivity (Wildman–Crippen MR) is 61.3 cm³/mol. The Kier molecular flexibility index (Phi) is 7.60. The van der Waals surface area contributed by atoms with Crippen molar-refractivity contribution in [3.05, 3.63) is 0 Å². The average Bonchev–Trinajstić information content (AvgIpc) is 2.22. The third kappa shape index (κ3) is 6.43. The van der Waals surface area contributed by atoms with E-state index in [4.69, 9.17) is 10.2 Å². The van der Waals surface area contributed by atoms with Gasteiger partial charge in [0.15, 0.2) is 0 Å². The van der Waals surface area contributed by atoms with Crippen molar-refractivity contribution in [3.63, 3.8) is 0 Å². The fourth-order valence-corrected chi connectivity index (χ4v) is 1.88. The summed E-state index contributed by atoms with van der Waals surface area (Å²) in [6.07, 6.45) is 3.87. The number of carboxylic acids is 2. The van der Waals surface area contributed by atoms with Gasteiger partial charge in [-0.3, -0.25) is 9.59 Å². The summed E-state index contributed by atoms with van der Waals surface area (Å²) < 4.78 is 0. The fourth-order valence-electron chi connectivity index (χ4n) is 1.88. The molecule has 0 heterocycles. The zero-order valence-electron chi connectivity index (χ0n) is 10.1. The molecule has 94 valence electrons. The molecule has 4 nitrogen and oxygen atoms in total. The third-order valence-corrected chi connectivity index (χ3v) is 3.04. The molecule has 0 aromatic rings. The Morgan fingerprint density at radius 1 is 1.12 bits per heavy atom. The number of carboxylic acid groups (broad SMARTS) is 2. The van der Waals surface area contributed by atoms with E-state index in [2.05, 4.69) is 0 Å². The van der Waals surface area contributed by atoms with Gasteiger partial charge in [-0.05, 0) is 31.6 Å². The molecule has 2 unspecified atom stereocenters. The van der Waals surface area contributed by atoms with E-state index in [1.54, 1.807) is 0 Å². The third-order valence-electron chi connectivity index (χ3n) is 3.04. The highest BCUT2D eigenvalue weighted by molar-refractivity contribution is 5.69. The van der Waals surface area contributed by atoms with Crippen LogP contribution in [0.3, 0.4) is 0 Å². The van der Waals surface area contributed by atoms with Gasteiger partial charge in [-0.25, -0.2) is 0 Å². The summed E-state index contributed by atoms with van der Waals surface area (Å²) in [6, 6.07) is 0. The minimum absolute atomic E-state index is 0.181. The molecule has 0 amide bonds. The van der Waals surface area contributed by atoms with Crippen LogP contribution in [0.1, 0.15) is 52.4 Å². The topological polar surface area (TPSA) is 74.6 Å². The Morgan fingerprint density at radius 2 is 1.75 bits per heavy atom. The molecule has 0 saturated carbocycles. The molecule has 16 heavy (non-hydrogen) atoms. The van der Waals surface area contributed by atoms with Gasteiger partial charge in [0.2, 0.25) is 0 Å². The molecule has 0 radical (unpaired) electrons. The lowest BCUT2D eigenvalue weighted by molar-refractivity contribution is -0.142. The van der Waals surface area contributed by atoms with Crippen LogP contribution < -0.4 is 0 Å². The van der Waals surface area contributed by atoms with E-state index in [0.717, 1.165) is 12.8 Å². The van der Waals surface area contributed by atoms with Crippen LogP contribution in [0.15, 0.2) is 0 Å². The monoisotopic (exact) mass is 230 g/mol. The highest BCUT2D eigenvalue weighted by atomic mass is 16.4. The maximum absolute atomic E-state index is 10.9. The first-order chi connectivity index (χ1) is 7.51. The number of rotatable bonds is 9. The standard InChI is InChI=1S/C12H22O4/c1-3-9(6-5-7-11(13)14)8-10(4-2)12(15)16/h9-10H,3-8H2,1-2H3,(H,13,14)(H,15,16). The lowest BCUT2D eigenvalue weighted by Crippen LogP contribution is -2.17. The van der Waals surface area contributed by atoms with Crippen molar-refractivity contribution in [3.8, 4) is 0 Å². The van der Waals surface area contributed by atoms with E-state index in [-0.39, 0.29) is 12.3 Å². The van der Waals surface area contributed by atoms with Gasteiger partial charge < -0.3 is 10.2 Å². The van der Waals surface area contributed by atoms with Crippen molar-refractivity contribution in [1.82, 2.24) is 0 Å². The molecule has 0 aliphatic carbocycles. The van der Waals surface area contributed by atoms with Gasteiger partial charge >= 0.3 is 11.9 Å². The Morgan fingerprint density at radius 3 is 2.12 bits per heavy atom. The second kappa shape index (κ2) is 8.13. The number of aliphatic carboxylic acids is 2. The maximum atomic E-state index is 10.9. The number of carbonyl (C=O) groups is 2.